The van der Waals surface area contributed by atoms with E-state index in [1.165, 1.54) is 12.8 Å². The van der Waals surface area contributed by atoms with Gasteiger partial charge in [-0.25, -0.2) is 0 Å². The van der Waals surface area contributed by atoms with E-state index in [2.05, 4.69) is 0 Å². The lowest BCUT2D eigenvalue weighted by atomic mass is 10.0. The molecule has 1 aromatic carbocycles. The van der Waals surface area contributed by atoms with E-state index in [9.17, 15) is 9.90 Å². The number of carbonyl (C=O) groups is 1. The van der Waals surface area contributed by atoms with Crippen LogP contribution in [0.15, 0.2) is 24.3 Å². The molecule has 1 saturated carbocycles. The fourth-order valence-electron chi connectivity index (χ4n) is 2.55. The zero-order valence-electron chi connectivity index (χ0n) is 10.2. The van der Waals surface area contributed by atoms with Crippen LogP contribution in [0.1, 0.15) is 24.4 Å². The van der Waals surface area contributed by atoms with Crippen molar-refractivity contribution in [2.75, 3.05) is 19.7 Å². The summed E-state index contributed by atoms with van der Waals surface area (Å²) in [7, 11) is 0. The molecule has 3 rings (SSSR count). The number of carboxylic acids is 1. The Labute approximate surface area is 106 Å². The van der Waals surface area contributed by atoms with Crippen LogP contribution in [0, 0.1) is 5.92 Å². The lowest BCUT2D eigenvalue weighted by Crippen LogP contribution is -2.36. The van der Waals surface area contributed by atoms with Crippen LogP contribution in [0.25, 0.3) is 0 Å². The fourth-order valence-corrected chi connectivity index (χ4v) is 2.55. The zero-order chi connectivity index (χ0) is 12.5. The van der Waals surface area contributed by atoms with E-state index in [1.807, 2.05) is 29.2 Å². The summed E-state index contributed by atoms with van der Waals surface area (Å²) in [5, 5.41) is 9.52. The molecule has 1 atom stereocenters. The minimum Gasteiger partial charge on any atom is -0.492 e. The number of benzene rings is 1. The number of ether oxygens (including phenoxy) is 1. The van der Waals surface area contributed by atoms with E-state index in [0.717, 1.165) is 12.1 Å². The van der Waals surface area contributed by atoms with Crippen molar-refractivity contribution in [3.05, 3.63) is 29.8 Å². The van der Waals surface area contributed by atoms with Crippen LogP contribution in [-0.4, -0.2) is 35.7 Å². The average molecular weight is 247 g/mol. The highest BCUT2D eigenvalue weighted by atomic mass is 16.5. The van der Waals surface area contributed by atoms with Crippen molar-refractivity contribution >= 4 is 5.97 Å². The molecular weight excluding hydrogens is 230 g/mol. The molecule has 1 N–H and O–H groups in total. The second-order valence-electron chi connectivity index (χ2n) is 5.07. The molecule has 0 radical (unpaired) electrons. The zero-order valence-corrected chi connectivity index (χ0v) is 10.2. The van der Waals surface area contributed by atoms with Crippen LogP contribution in [0.3, 0.4) is 0 Å². The minimum atomic E-state index is -0.784. The number of rotatable bonds is 3. The van der Waals surface area contributed by atoms with Gasteiger partial charge in [-0.1, -0.05) is 18.2 Å². The number of carboxylic acid groups (broad SMARTS) is 1. The van der Waals surface area contributed by atoms with E-state index in [0.29, 0.717) is 24.8 Å². The molecule has 96 valence electrons. The van der Waals surface area contributed by atoms with Gasteiger partial charge in [-0.2, -0.15) is 0 Å². The van der Waals surface area contributed by atoms with Crippen molar-refractivity contribution in [1.82, 2.24) is 4.90 Å². The molecule has 1 unspecified atom stereocenters. The van der Waals surface area contributed by atoms with Gasteiger partial charge >= 0.3 is 5.97 Å². The lowest BCUT2D eigenvalue weighted by molar-refractivity contribution is -0.143. The largest absolute Gasteiger partial charge is 0.492 e. The molecule has 1 fully saturated rings. The maximum absolute atomic E-state index is 11.6. The van der Waals surface area contributed by atoms with E-state index in [1.54, 1.807) is 0 Å². The first-order valence-electron chi connectivity index (χ1n) is 6.44. The highest BCUT2D eigenvalue weighted by molar-refractivity contribution is 5.77. The number of para-hydroxylation sites is 1. The summed E-state index contributed by atoms with van der Waals surface area (Å²) in [5.41, 5.74) is 0.781. The van der Waals surface area contributed by atoms with Crippen molar-refractivity contribution < 1.29 is 14.6 Å². The molecule has 0 aromatic heterocycles. The molecule has 0 bridgehead atoms. The normalized spacial score (nSPS) is 23.9. The van der Waals surface area contributed by atoms with Crippen LogP contribution >= 0.6 is 0 Å². The summed E-state index contributed by atoms with van der Waals surface area (Å²) in [5.74, 6) is 0.605. The number of nitrogens with zero attached hydrogens (tertiary/aromatic N) is 1. The minimum absolute atomic E-state index is 0.563. The molecule has 0 saturated heterocycles. The number of aliphatic carboxylic acids is 1. The van der Waals surface area contributed by atoms with Crippen molar-refractivity contribution in [2.45, 2.75) is 18.9 Å². The highest BCUT2D eigenvalue weighted by Crippen LogP contribution is 2.36. The van der Waals surface area contributed by atoms with Gasteiger partial charge in [0.05, 0.1) is 0 Å². The van der Waals surface area contributed by atoms with Gasteiger partial charge < -0.3 is 9.84 Å². The van der Waals surface area contributed by atoms with Gasteiger partial charge in [-0.05, 0) is 24.8 Å². The fraction of sp³-hybridized carbons (Fsp3) is 0.500. The van der Waals surface area contributed by atoms with Crippen molar-refractivity contribution in [1.29, 1.82) is 0 Å². The highest BCUT2D eigenvalue weighted by Gasteiger charge is 2.35. The van der Waals surface area contributed by atoms with Crippen molar-refractivity contribution in [3.8, 4) is 5.75 Å². The second-order valence-corrected chi connectivity index (χ2v) is 5.07. The van der Waals surface area contributed by atoms with Gasteiger partial charge in [0.2, 0.25) is 0 Å². The Kier molecular flexibility index (Phi) is 2.96. The summed E-state index contributed by atoms with van der Waals surface area (Å²) in [6.45, 7) is 2.12. The Hall–Kier alpha value is -1.55. The summed E-state index contributed by atoms with van der Waals surface area (Å²) in [4.78, 5) is 13.6. The second kappa shape index (κ2) is 4.61. The molecule has 18 heavy (non-hydrogen) atoms. The maximum atomic E-state index is 11.6. The van der Waals surface area contributed by atoms with Gasteiger partial charge in [0, 0.05) is 18.7 Å². The van der Waals surface area contributed by atoms with Gasteiger partial charge in [-0.3, -0.25) is 9.69 Å². The van der Waals surface area contributed by atoms with Gasteiger partial charge in [0.25, 0.3) is 0 Å². The first-order valence-corrected chi connectivity index (χ1v) is 6.44. The van der Waals surface area contributed by atoms with Crippen LogP contribution in [0.5, 0.6) is 5.75 Å². The van der Waals surface area contributed by atoms with E-state index < -0.39 is 12.0 Å². The Morgan fingerprint density at radius 3 is 2.89 bits per heavy atom. The number of hydrogen-bond acceptors (Lipinski definition) is 3. The Bertz CT molecular complexity index is 456. The molecule has 0 amide bonds. The van der Waals surface area contributed by atoms with Crippen LogP contribution in [0.4, 0.5) is 0 Å². The summed E-state index contributed by atoms with van der Waals surface area (Å²) < 4.78 is 5.66. The molecule has 4 heteroatoms. The lowest BCUT2D eigenvalue weighted by Gasteiger charge is -2.26. The predicted molar refractivity (Wildman–Crippen MR) is 66.6 cm³/mol. The summed E-state index contributed by atoms with van der Waals surface area (Å²) >= 11 is 0. The Morgan fingerprint density at radius 1 is 1.39 bits per heavy atom. The van der Waals surface area contributed by atoms with Gasteiger partial charge in [0.15, 0.2) is 0 Å². The quantitative estimate of drug-likeness (QED) is 0.886. The van der Waals surface area contributed by atoms with Gasteiger partial charge in [-0.15, -0.1) is 0 Å². The summed E-state index contributed by atoms with van der Waals surface area (Å²) in [6, 6.07) is 6.91. The Morgan fingerprint density at radius 2 is 2.17 bits per heavy atom. The molecule has 4 nitrogen and oxygen atoms in total. The van der Waals surface area contributed by atoms with Gasteiger partial charge in [0.1, 0.15) is 18.4 Å². The monoisotopic (exact) mass is 247 g/mol. The number of hydrogen-bond donors (Lipinski definition) is 1. The number of fused-ring (bicyclic) bond motifs is 1. The van der Waals surface area contributed by atoms with Crippen LogP contribution in [0.2, 0.25) is 0 Å². The van der Waals surface area contributed by atoms with E-state index in [4.69, 9.17) is 4.74 Å². The molecule has 0 spiro atoms. The molecule has 1 heterocycles. The first kappa shape index (κ1) is 11.5. The smallest absolute Gasteiger partial charge is 0.325 e. The van der Waals surface area contributed by atoms with Crippen LogP contribution < -0.4 is 4.74 Å². The summed E-state index contributed by atoms with van der Waals surface area (Å²) in [6.07, 6.45) is 2.46. The third kappa shape index (κ3) is 2.20. The first-order chi connectivity index (χ1) is 8.75. The third-order valence-electron chi connectivity index (χ3n) is 3.64. The van der Waals surface area contributed by atoms with E-state index >= 15 is 0 Å². The van der Waals surface area contributed by atoms with Crippen molar-refractivity contribution in [2.24, 2.45) is 5.92 Å². The molecular formula is C14H17NO3. The van der Waals surface area contributed by atoms with Crippen LogP contribution in [-0.2, 0) is 4.79 Å². The molecule has 2 aliphatic rings. The predicted octanol–water partition coefficient (Wildman–Crippen LogP) is 1.92. The standard InChI is InChI=1S/C14H17NO3/c16-14(17)13-11-3-1-2-4-12(11)18-8-7-15(13)9-10-5-6-10/h1-4,10,13H,5-9H2,(H,16,17). The Balaban J connectivity index is 1.94. The molecule has 1 aromatic rings. The average Bonchev–Trinajstić information content (AvgIpc) is 3.15. The molecule has 1 aliphatic heterocycles. The van der Waals surface area contributed by atoms with Crippen molar-refractivity contribution in [3.63, 3.8) is 0 Å². The third-order valence-corrected chi connectivity index (χ3v) is 3.64. The SMILES string of the molecule is O=C(O)C1c2ccccc2OCCN1CC1CC1. The maximum Gasteiger partial charge on any atom is 0.325 e. The molecule has 1 aliphatic carbocycles. The topological polar surface area (TPSA) is 49.8 Å². The van der Waals surface area contributed by atoms with E-state index in [-0.39, 0.29) is 0 Å².